The number of carboxylic acid groups (broad SMARTS) is 1. The molecule has 1 aromatic carbocycles. The van der Waals surface area contributed by atoms with Gasteiger partial charge in [0.2, 0.25) is 0 Å². The summed E-state index contributed by atoms with van der Waals surface area (Å²) in [6.45, 7) is 0. The molecule has 0 spiro atoms. The highest BCUT2D eigenvalue weighted by molar-refractivity contribution is 9.10. The van der Waals surface area contributed by atoms with Crippen molar-refractivity contribution in [2.75, 3.05) is 5.88 Å². The Morgan fingerprint density at radius 2 is 2.06 bits per heavy atom. The summed E-state index contributed by atoms with van der Waals surface area (Å²) in [5.41, 5.74) is 0.488. The third kappa shape index (κ3) is 3.52. The van der Waals surface area contributed by atoms with Crippen LogP contribution in [-0.2, 0) is 4.79 Å². The Kier molecular flexibility index (Phi) is 5.11. The molecule has 6 heteroatoms. The van der Waals surface area contributed by atoms with Crippen molar-refractivity contribution in [3.63, 3.8) is 0 Å². The Morgan fingerprint density at radius 3 is 2.59 bits per heavy atom. The Balaban J connectivity index is 3.10. The van der Waals surface area contributed by atoms with Gasteiger partial charge in [-0.05, 0) is 12.1 Å². The number of hydrogen-bond acceptors (Lipinski definition) is 3. The predicted octanol–water partition coefficient (Wildman–Crippen LogP) is 2.38. The molecule has 0 saturated carbocycles. The van der Waals surface area contributed by atoms with Crippen LogP contribution in [0.15, 0.2) is 22.7 Å². The van der Waals surface area contributed by atoms with Crippen LogP contribution in [0, 0.1) is 0 Å². The van der Waals surface area contributed by atoms with Crippen molar-refractivity contribution in [2.45, 2.75) is 12.5 Å². The van der Waals surface area contributed by atoms with Crippen molar-refractivity contribution in [3.05, 3.63) is 33.8 Å². The number of carbonyl (C=O) groups is 2. The molecule has 0 bridgehead atoms. The zero-order chi connectivity index (χ0) is 13.0. The molecule has 0 saturated heterocycles. The van der Waals surface area contributed by atoms with Crippen molar-refractivity contribution >= 4 is 39.3 Å². The van der Waals surface area contributed by atoms with Gasteiger partial charge in [0.1, 0.15) is 0 Å². The Hall–Kier alpha value is -0.910. The fraction of sp³-hybridized carbons (Fsp3) is 0.273. The van der Waals surface area contributed by atoms with Crippen LogP contribution in [0.3, 0.4) is 0 Å². The van der Waals surface area contributed by atoms with Gasteiger partial charge in [0, 0.05) is 27.9 Å². The quantitative estimate of drug-likeness (QED) is 0.645. The molecule has 0 aliphatic rings. The Bertz CT molecular complexity index is 447. The minimum absolute atomic E-state index is 0.151. The summed E-state index contributed by atoms with van der Waals surface area (Å²) in [5.74, 6) is -1.36. The predicted molar refractivity (Wildman–Crippen MR) is 66.4 cm³/mol. The molecule has 4 nitrogen and oxygen atoms in total. The molecule has 17 heavy (non-hydrogen) atoms. The second kappa shape index (κ2) is 6.14. The molecule has 1 rings (SSSR count). The number of carbonyl (C=O) groups excluding carboxylic acids is 1. The third-order valence-corrected chi connectivity index (χ3v) is 3.08. The molecule has 2 N–H and O–H groups in total. The van der Waals surface area contributed by atoms with E-state index in [0.717, 1.165) is 0 Å². The van der Waals surface area contributed by atoms with Crippen LogP contribution in [-0.4, -0.2) is 27.8 Å². The summed E-state index contributed by atoms with van der Waals surface area (Å²) in [4.78, 5) is 22.3. The molecular formula is C11H10BrClO4. The molecular weight excluding hydrogens is 311 g/mol. The third-order valence-electron chi connectivity index (χ3n) is 2.17. The van der Waals surface area contributed by atoms with Gasteiger partial charge in [-0.1, -0.05) is 22.0 Å². The molecule has 0 fully saturated rings. The highest BCUT2D eigenvalue weighted by Gasteiger charge is 2.20. The maximum Gasteiger partial charge on any atom is 0.337 e. The number of aliphatic carboxylic acids is 1. The lowest BCUT2D eigenvalue weighted by Crippen LogP contribution is -2.12. The lowest BCUT2D eigenvalue weighted by Gasteiger charge is -2.10. The number of aliphatic hydroxyl groups is 1. The first-order valence-electron chi connectivity index (χ1n) is 4.77. The number of carboxylic acids is 1. The summed E-state index contributed by atoms with van der Waals surface area (Å²) >= 11 is 8.58. The molecule has 0 aromatic heterocycles. The van der Waals surface area contributed by atoms with Gasteiger partial charge < -0.3 is 10.2 Å². The fourth-order valence-electron chi connectivity index (χ4n) is 1.29. The summed E-state index contributed by atoms with van der Waals surface area (Å²) in [5, 5.41) is 18.2. The maximum atomic E-state index is 11.6. The topological polar surface area (TPSA) is 74.6 Å². The summed E-state index contributed by atoms with van der Waals surface area (Å²) in [7, 11) is 0. The van der Waals surface area contributed by atoms with E-state index in [1.54, 1.807) is 6.07 Å². The van der Waals surface area contributed by atoms with Gasteiger partial charge in [-0.15, -0.1) is 11.6 Å². The van der Waals surface area contributed by atoms with E-state index in [9.17, 15) is 14.7 Å². The highest BCUT2D eigenvalue weighted by Crippen LogP contribution is 2.25. The van der Waals surface area contributed by atoms with Gasteiger partial charge >= 0.3 is 5.97 Å². The van der Waals surface area contributed by atoms with Crippen LogP contribution in [0.5, 0.6) is 0 Å². The average Bonchev–Trinajstić information content (AvgIpc) is 2.28. The molecule has 1 unspecified atom stereocenters. The van der Waals surface area contributed by atoms with E-state index < -0.39 is 12.1 Å². The molecule has 0 amide bonds. The number of hydrogen-bond donors (Lipinski definition) is 2. The number of halogens is 2. The molecule has 0 radical (unpaired) electrons. The average molecular weight is 322 g/mol. The second-order valence-electron chi connectivity index (χ2n) is 3.34. The van der Waals surface area contributed by atoms with Gasteiger partial charge in [0.15, 0.2) is 11.9 Å². The molecule has 92 valence electrons. The molecule has 1 aromatic rings. The monoisotopic (exact) mass is 320 g/mol. The van der Waals surface area contributed by atoms with Gasteiger partial charge in [-0.25, -0.2) is 4.79 Å². The van der Waals surface area contributed by atoms with E-state index in [1.165, 1.54) is 12.1 Å². The van der Waals surface area contributed by atoms with Crippen LogP contribution in [0.2, 0.25) is 0 Å². The number of ketones is 1. The van der Waals surface area contributed by atoms with Crippen molar-refractivity contribution in [1.29, 1.82) is 0 Å². The van der Waals surface area contributed by atoms with Gasteiger partial charge in [0.25, 0.3) is 0 Å². The van der Waals surface area contributed by atoms with Crippen LogP contribution < -0.4 is 0 Å². The first-order valence-corrected chi connectivity index (χ1v) is 6.09. The smallest absolute Gasteiger partial charge is 0.337 e. The van der Waals surface area contributed by atoms with E-state index in [4.69, 9.17) is 16.7 Å². The lowest BCUT2D eigenvalue weighted by molar-refractivity contribution is -0.147. The minimum atomic E-state index is -1.66. The summed E-state index contributed by atoms with van der Waals surface area (Å²) in [6.07, 6.45) is -1.49. The van der Waals surface area contributed by atoms with Crippen LogP contribution >= 0.6 is 27.5 Å². The molecule has 1 atom stereocenters. The fourth-order valence-corrected chi connectivity index (χ4v) is 1.93. The van der Waals surface area contributed by atoms with Crippen molar-refractivity contribution in [1.82, 2.24) is 0 Å². The van der Waals surface area contributed by atoms with E-state index in [-0.39, 0.29) is 23.6 Å². The zero-order valence-electron chi connectivity index (χ0n) is 8.69. The van der Waals surface area contributed by atoms with Gasteiger partial charge in [0.05, 0.1) is 0 Å². The van der Waals surface area contributed by atoms with Crippen molar-refractivity contribution < 1.29 is 19.8 Å². The van der Waals surface area contributed by atoms with Crippen LogP contribution in [0.25, 0.3) is 0 Å². The Labute approximate surface area is 111 Å². The molecule has 0 aliphatic carbocycles. The van der Waals surface area contributed by atoms with E-state index in [1.807, 2.05) is 0 Å². The van der Waals surface area contributed by atoms with Crippen molar-refractivity contribution in [3.8, 4) is 0 Å². The van der Waals surface area contributed by atoms with Gasteiger partial charge in [-0.3, -0.25) is 4.79 Å². The number of rotatable bonds is 5. The summed E-state index contributed by atoms with van der Waals surface area (Å²) < 4.78 is 0.440. The van der Waals surface area contributed by atoms with E-state index in [2.05, 4.69) is 15.9 Å². The Morgan fingerprint density at radius 1 is 1.41 bits per heavy atom. The first-order chi connectivity index (χ1) is 7.97. The summed E-state index contributed by atoms with van der Waals surface area (Å²) in [6, 6.07) is 4.44. The van der Waals surface area contributed by atoms with Gasteiger partial charge in [-0.2, -0.15) is 0 Å². The molecule has 0 heterocycles. The maximum absolute atomic E-state index is 11.6. The lowest BCUT2D eigenvalue weighted by atomic mass is 10.0. The van der Waals surface area contributed by atoms with Crippen molar-refractivity contribution in [2.24, 2.45) is 0 Å². The number of benzene rings is 1. The second-order valence-corrected chi connectivity index (χ2v) is 4.57. The molecule has 0 aliphatic heterocycles. The minimum Gasteiger partial charge on any atom is -0.479 e. The van der Waals surface area contributed by atoms with Crippen LogP contribution in [0.1, 0.15) is 28.4 Å². The highest BCUT2D eigenvalue weighted by atomic mass is 79.9. The van der Waals surface area contributed by atoms with E-state index >= 15 is 0 Å². The van der Waals surface area contributed by atoms with E-state index in [0.29, 0.717) is 10.0 Å². The number of alkyl halides is 1. The number of Topliss-reactive ketones (excluding diaryl/α,β-unsaturated/α-hetero) is 1. The SMILES string of the molecule is O=C(CCCl)c1ccc(Br)c(C(O)C(=O)O)c1. The number of aliphatic hydroxyl groups excluding tert-OH is 1. The zero-order valence-corrected chi connectivity index (χ0v) is 11.0. The van der Waals surface area contributed by atoms with Crippen LogP contribution in [0.4, 0.5) is 0 Å². The standard InChI is InChI=1S/C11H10BrClO4/c12-8-2-1-6(9(14)3-4-13)5-7(8)10(15)11(16)17/h1-2,5,10,15H,3-4H2,(H,16,17). The largest absolute Gasteiger partial charge is 0.479 e. The first kappa shape index (κ1) is 14.2. The normalized spacial score (nSPS) is 12.2.